The number of anilines is 1. The standard InChI is InChI=1S/C13H19BrN2O/c1-4-13(3,5-2)16-12(17)9-6-7-11(15)10(14)8-9/h6-8H,4-5,15H2,1-3H3,(H,16,17). The van der Waals surface area contributed by atoms with Crippen molar-refractivity contribution >= 4 is 27.5 Å². The first-order valence-corrected chi connectivity index (χ1v) is 6.58. The van der Waals surface area contributed by atoms with E-state index in [0.717, 1.165) is 17.3 Å². The highest BCUT2D eigenvalue weighted by Gasteiger charge is 2.22. The Balaban J connectivity index is 2.86. The predicted octanol–water partition coefficient (Wildman–Crippen LogP) is 3.34. The molecule has 1 aromatic carbocycles. The van der Waals surface area contributed by atoms with Crippen LogP contribution in [0, 0.1) is 0 Å². The fourth-order valence-electron chi connectivity index (χ4n) is 1.44. The summed E-state index contributed by atoms with van der Waals surface area (Å²) in [5, 5.41) is 3.06. The van der Waals surface area contributed by atoms with E-state index in [0.29, 0.717) is 11.3 Å². The van der Waals surface area contributed by atoms with Crippen LogP contribution in [-0.4, -0.2) is 11.4 Å². The SMILES string of the molecule is CCC(C)(CC)NC(=O)c1ccc(N)c(Br)c1. The molecule has 0 aliphatic heterocycles. The molecule has 0 spiro atoms. The van der Waals surface area contributed by atoms with Crippen molar-refractivity contribution < 1.29 is 4.79 Å². The van der Waals surface area contributed by atoms with E-state index in [1.54, 1.807) is 18.2 Å². The Kier molecular flexibility index (Phi) is 4.57. The van der Waals surface area contributed by atoms with Crippen LogP contribution in [-0.2, 0) is 0 Å². The monoisotopic (exact) mass is 298 g/mol. The van der Waals surface area contributed by atoms with Crippen molar-refractivity contribution in [2.75, 3.05) is 5.73 Å². The molecule has 4 heteroatoms. The van der Waals surface area contributed by atoms with Crippen molar-refractivity contribution in [2.24, 2.45) is 0 Å². The van der Waals surface area contributed by atoms with Crippen molar-refractivity contribution in [1.82, 2.24) is 5.32 Å². The fourth-order valence-corrected chi connectivity index (χ4v) is 1.82. The summed E-state index contributed by atoms with van der Waals surface area (Å²) in [6, 6.07) is 5.21. The zero-order valence-electron chi connectivity index (χ0n) is 10.5. The van der Waals surface area contributed by atoms with Crippen LogP contribution in [0.4, 0.5) is 5.69 Å². The van der Waals surface area contributed by atoms with Gasteiger partial charge >= 0.3 is 0 Å². The number of rotatable bonds is 4. The molecule has 0 saturated heterocycles. The number of carbonyl (C=O) groups excluding carboxylic acids is 1. The molecule has 1 amide bonds. The number of halogens is 1. The summed E-state index contributed by atoms with van der Waals surface area (Å²) in [6.07, 6.45) is 1.82. The average molecular weight is 299 g/mol. The smallest absolute Gasteiger partial charge is 0.251 e. The summed E-state index contributed by atoms with van der Waals surface area (Å²) in [5.41, 5.74) is 6.80. The van der Waals surface area contributed by atoms with Crippen LogP contribution in [0.15, 0.2) is 22.7 Å². The number of nitrogen functional groups attached to an aromatic ring is 1. The normalized spacial score (nSPS) is 11.3. The lowest BCUT2D eigenvalue weighted by Crippen LogP contribution is -2.44. The summed E-state index contributed by atoms with van der Waals surface area (Å²) < 4.78 is 0.750. The lowest BCUT2D eigenvalue weighted by atomic mass is 9.95. The molecule has 0 atom stereocenters. The summed E-state index contributed by atoms with van der Waals surface area (Å²) in [5.74, 6) is -0.0584. The van der Waals surface area contributed by atoms with E-state index in [4.69, 9.17) is 5.73 Å². The Morgan fingerprint density at radius 1 is 1.41 bits per heavy atom. The Morgan fingerprint density at radius 2 is 2.00 bits per heavy atom. The highest BCUT2D eigenvalue weighted by molar-refractivity contribution is 9.10. The topological polar surface area (TPSA) is 55.1 Å². The molecule has 3 nitrogen and oxygen atoms in total. The van der Waals surface area contributed by atoms with Gasteiger partial charge in [-0.2, -0.15) is 0 Å². The molecule has 0 unspecified atom stereocenters. The molecule has 0 saturated carbocycles. The number of carbonyl (C=O) groups is 1. The third-order valence-electron chi connectivity index (χ3n) is 3.24. The Bertz CT molecular complexity index is 414. The maximum Gasteiger partial charge on any atom is 0.251 e. The van der Waals surface area contributed by atoms with E-state index in [9.17, 15) is 4.79 Å². The Morgan fingerprint density at radius 3 is 2.47 bits per heavy atom. The lowest BCUT2D eigenvalue weighted by molar-refractivity contribution is 0.0901. The molecule has 1 rings (SSSR count). The van der Waals surface area contributed by atoms with E-state index < -0.39 is 0 Å². The van der Waals surface area contributed by atoms with Gasteiger partial charge in [0.05, 0.1) is 0 Å². The molecular formula is C13H19BrN2O. The van der Waals surface area contributed by atoms with E-state index in [1.165, 1.54) is 0 Å². The second-order valence-corrected chi connectivity index (χ2v) is 5.31. The third kappa shape index (κ3) is 3.46. The number of nitrogens with one attached hydrogen (secondary N) is 1. The largest absolute Gasteiger partial charge is 0.398 e. The summed E-state index contributed by atoms with van der Waals surface area (Å²) in [4.78, 5) is 12.1. The van der Waals surface area contributed by atoms with Gasteiger partial charge in [0.1, 0.15) is 0 Å². The first-order valence-electron chi connectivity index (χ1n) is 5.79. The molecule has 0 aromatic heterocycles. The van der Waals surface area contributed by atoms with Gasteiger partial charge in [0.2, 0.25) is 0 Å². The number of amides is 1. The van der Waals surface area contributed by atoms with Crippen LogP contribution in [0.3, 0.4) is 0 Å². The maximum absolute atomic E-state index is 12.1. The molecule has 3 N–H and O–H groups in total. The summed E-state index contributed by atoms with van der Waals surface area (Å²) >= 11 is 3.32. The highest BCUT2D eigenvalue weighted by atomic mass is 79.9. The van der Waals surface area contributed by atoms with Crippen molar-refractivity contribution in [3.63, 3.8) is 0 Å². The number of nitrogens with two attached hydrogens (primary N) is 1. The van der Waals surface area contributed by atoms with Gasteiger partial charge in [-0.25, -0.2) is 0 Å². The van der Waals surface area contributed by atoms with Gasteiger partial charge in [-0.05, 0) is 53.9 Å². The quantitative estimate of drug-likeness (QED) is 0.838. The summed E-state index contributed by atoms with van der Waals surface area (Å²) in [6.45, 7) is 6.20. The van der Waals surface area contributed by atoms with Crippen molar-refractivity contribution in [3.05, 3.63) is 28.2 Å². The van der Waals surface area contributed by atoms with Crippen LogP contribution in [0.1, 0.15) is 44.0 Å². The molecule has 17 heavy (non-hydrogen) atoms. The van der Waals surface area contributed by atoms with Crippen molar-refractivity contribution in [1.29, 1.82) is 0 Å². The van der Waals surface area contributed by atoms with Gasteiger partial charge in [-0.15, -0.1) is 0 Å². The molecule has 0 fully saturated rings. The van der Waals surface area contributed by atoms with E-state index in [-0.39, 0.29) is 11.4 Å². The van der Waals surface area contributed by atoms with Crippen molar-refractivity contribution in [2.45, 2.75) is 39.2 Å². The summed E-state index contributed by atoms with van der Waals surface area (Å²) in [7, 11) is 0. The van der Waals surface area contributed by atoms with Crippen LogP contribution in [0.25, 0.3) is 0 Å². The van der Waals surface area contributed by atoms with Gasteiger partial charge in [-0.3, -0.25) is 4.79 Å². The Labute approximate surface area is 111 Å². The highest BCUT2D eigenvalue weighted by Crippen LogP contribution is 2.21. The van der Waals surface area contributed by atoms with Crippen molar-refractivity contribution in [3.8, 4) is 0 Å². The molecule has 0 bridgehead atoms. The second-order valence-electron chi connectivity index (χ2n) is 4.46. The van der Waals surface area contributed by atoms with Gasteiger partial charge in [0, 0.05) is 21.3 Å². The number of hydrogen-bond donors (Lipinski definition) is 2. The third-order valence-corrected chi connectivity index (χ3v) is 3.93. The van der Waals surface area contributed by atoms with Gasteiger partial charge in [0.15, 0.2) is 0 Å². The number of hydrogen-bond acceptors (Lipinski definition) is 2. The van der Waals surface area contributed by atoms with Crippen LogP contribution in [0.2, 0.25) is 0 Å². The minimum atomic E-state index is -0.148. The molecular weight excluding hydrogens is 280 g/mol. The first kappa shape index (κ1) is 14.0. The molecule has 0 aliphatic carbocycles. The zero-order valence-corrected chi connectivity index (χ0v) is 12.1. The molecule has 0 heterocycles. The number of benzene rings is 1. The first-order chi connectivity index (χ1) is 7.91. The van der Waals surface area contributed by atoms with Crippen LogP contribution < -0.4 is 11.1 Å². The predicted molar refractivity (Wildman–Crippen MR) is 75.0 cm³/mol. The van der Waals surface area contributed by atoms with Crippen LogP contribution in [0.5, 0.6) is 0 Å². The Hall–Kier alpha value is -1.03. The van der Waals surface area contributed by atoms with E-state index in [1.807, 2.05) is 0 Å². The van der Waals surface area contributed by atoms with Crippen LogP contribution >= 0.6 is 15.9 Å². The molecule has 0 radical (unpaired) electrons. The maximum atomic E-state index is 12.1. The second kappa shape index (κ2) is 5.54. The zero-order chi connectivity index (χ0) is 13.1. The minimum Gasteiger partial charge on any atom is -0.398 e. The molecule has 1 aromatic rings. The van der Waals surface area contributed by atoms with E-state index >= 15 is 0 Å². The van der Waals surface area contributed by atoms with Gasteiger partial charge in [0.25, 0.3) is 5.91 Å². The minimum absolute atomic E-state index is 0.0584. The van der Waals surface area contributed by atoms with E-state index in [2.05, 4.69) is 42.0 Å². The molecule has 94 valence electrons. The lowest BCUT2D eigenvalue weighted by Gasteiger charge is -2.28. The van der Waals surface area contributed by atoms with Gasteiger partial charge < -0.3 is 11.1 Å². The average Bonchev–Trinajstić information content (AvgIpc) is 2.32. The fraction of sp³-hybridized carbons (Fsp3) is 0.462. The molecule has 0 aliphatic rings. The van der Waals surface area contributed by atoms with Gasteiger partial charge in [-0.1, -0.05) is 13.8 Å².